The normalized spacial score (nSPS) is 18.5. The van der Waals surface area contributed by atoms with Gasteiger partial charge in [0.05, 0.1) is 0 Å². The molecule has 0 radical (unpaired) electrons. The third-order valence-corrected chi connectivity index (χ3v) is 5.00. The number of pyridine rings is 1. The van der Waals surface area contributed by atoms with Gasteiger partial charge in [0.15, 0.2) is 5.96 Å². The average molecular weight is 361 g/mol. The molecule has 0 bridgehead atoms. The highest BCUT2D eigenvalue weighted by atomic mass is 15.2. The Kier molecular flexibility index (Phi) is 9.87. The van der Waals surface area contributed by atoms with Crippen LogP contribution < -0.4 is 16.0 Å². The summed E-state index contributed by atoms with van der Waals surface area (Å²) in [5.74, 6) is 1.86. The molecule has 26 heavy (non-hydrogen) atoms. The zero-order chi connectivity index (χ0) is 18.5. The van der Waals surface area contributed by atoms with Crippen molar-refractivity contribution >= 4 is 11.8 Å². The molecule has 0 spiro atoms. The predicted octanol–water partition coefficient (Wildman–Crippen LogP) is 2.70. The van der Waals surface area contributed by atoms with Crippen molar-refractivity contribution < 1.29 is 0 Å². The molecule has 1 unspecified atom stereocenters. The van der Waals surface area contributed by atoms with Crippen molar-refractivity contribution in [3.05, 3.63) is 24.4 Å². The van der Waals surface area contributed by atoms with Crippen molar-refractivity contribution in [1.29, 1.82) is 0 Å². The molecule has 0 aliphatic carbocycles. The minimum Gasteiger partial charge on any atom is -0.370 e. The predicted molar refractivity (Wildman–Crippen MR) is 111 cm³/mol. The SMILES string of the molecule is CCC1CCCCN1CCNC(=NC)NCCCCNc1ccccn1. The van der Waals surface area contributed by atoms with E-state index in [1.54, 1.807) is 0 Å². The van der Waals surface area contributed by atoms with E-state index in [1.807, 2.05) is 31.4 Å². The van der Waals surface area contributed by atoms with Crippen LogP contribution in [0.4, 0.5) is 5.82 Å². The van der Waals surface area contributed by atoms with E-state index in [-0.39, 0.29) is 0 Å². The molecule has 1 saturated heterocycles. The average Bonchev–Trinajstić information content (AvgIpc) is 2.70. The monoisotopic (exact) mass is 360 g/mol. The van der Waals surface area contributed by atoms with Gasteiger partial charge in [-0.1, -0.05) is 19.4 Å². The topological polar surface area (TPSA) is 64.6 Å². The molecule has 0 aromatic carbocycles. The Bertz CT molecular complexity index is 504. The first kappa shape index (κ1) is 20.5. The second-order valence-electron chi connectivity index (χ2n) is 6.87. The number of nitrogens with one attached hydrogen (secondary N) is 3. The highest BCUT2D eigenvalue weighted by Gasteiger charge is 2.19. The van der Waals surface area contributed by atoms with Crippen LogP contribution in [0.5, 0.6) is 0 Å². The van der Waals surface area contributed by atoms with Crippen LogP contribution in [0.1, 0.15) is 45.4 Å². The summed E-state index contributed by atoms with van der Waals surface area (Å²) in [6.45, 7) is 7.49. The quantitative estimate of drug-likeness (QED) is 0.340. The molecule has 6 heteroatoms. The van der Waals surface area contributed by atoms with E-state index in [0.717, 1.165) is 56.8 Å². The number of aromatic nitrogens is 1. The number of piperidine rings is 1. The number of rotatable bonds is 10. The van der Waals surface area contributed by atoms with Crippen molar-refractivity contribution in [2.24, 2.45) is 4.99 Å². The molecule has 3 N–H and O–H groups in total. The van der Waals surface area contributed by atoms with E-state index < -0.39 is 0 Å². The highest BCUT2D eigenvalue weighted by molar-refractivity contribution is 5.79. The van der Waals surface area contributed by atoms with Crippen LogP contribution in [-0.2, 0) is 0 Å². The Morgan fingerprint density at radius 3 is 2.81 bits per heavy atom. The maximum atomic E-state index is 4.33. The van der Waals surface area contributed by atoms with Crippen LogP contribution in [0.3, 0.4) is 0 Å². The molecule has 0 amide bonds. The Balaban J connectivity index is 1.52. The summed E-state index contributed by atoms with van der Waals surface area (Å²) in [4.78, 5) is 11.2. The molecule has 1 aromatic rings. The lowest BCUT2D eigenvalue weighted by atomic mass is 10.0. The Morgan fingerprint density at radius 1 is 1.19 bits per heavy atom. The summed E-state index contributed by atoms with van der Waals surface area (Å²) in [6, 6.07) is 6.70. The van der Waals surface area contributed by atoms with Gasteiger partial charge >= 0.3 is 0 Å². The van der Waals surface area contributed by atoms with Gasteiger partial charge in [-0.3, -0.25) is 9.89 Å². The lowest BCUT2D eigenvalue weighted by Crippen LogP contribution is -2.46. The van der Waals surface area contributed by atoms with Crippen LogP contribution in [0.15, 0.2) is 29.4 Å². The molecule has 2 heterocycles. The van der Waals surface area contributed by atoms with Crippen LogP contribution in [-0.4, -0.2) is 61.7 Å². The summed E-state index contributed by atoms with van der Waals surface area (Å²) in [6.07, 6.45) is 9.37. The minimum atomic E-state index is 0.770. The lowest BCUT2D eigenvalue weighted by molar-refractivity contribution is 0.147. The number of hydrogen-bond acceptors (Lipinski definition) is 4. The van der Waals surface area contributed by atoms with Crippen LogP contribution in [0.2, 0.25) is 0 Å². The number of hydrogen-bond donors (Lipinski definition) is 3. The Morgan fingerprint density at radius 2 is 2.04 bits per heavy atom. The minimum absolute atomic E-state index is 0.770. The van der Waals surface area contributed by atoms with Crippen molar-refractivity contribution in [2.75, 3.05) is 45.1 Å². The van der Waals surface area contributed by atoms with Gasteiger partial charge in [-0.2, -0.15) is 0 Å². The Hall–Kier alpha value is -1.82. The number of nitrogens with zero attached hydrogens (tertiary/aromatic N) is 3. The lowest BCUT2D eigenvalue weighted by Gasteiger charge is -2.35. The number of anilines is 1. The van der Waals surface area contributed by atoms with Gasteiger partial charge in [0.1, 0.15) is 5.82 Å². The molecule has 1 fully saturated rings. The number of likely N-dealkylation sites (tertiary alicyclic amines) is 1. The molecule has 0 saturated carbocycles. The molecule has 1 aliphatic rings. The maximum absolute atomic E-state index is 4.33. The molecule has 1 aliphatic heterocycles. The van der Waals surface area contributed by atoms with Crippen LogP contribution in [0.25, 0.3) is 0 Å². The summed E-state index contributed by atoms with van der Waals surface area (Å²) < 4.78 is 0. The molecule has 6 nitrogen and oxygen atoms in total. The zero-order valence-electron chi connectivity index (χ0n) is 16.5. The first-order valence-electron chi connectivity index (χ1n) is 10.2. The van der Waals surface area contributed by atoms with Crippen molar-refractivity contribution in [3.8, 4) is 0 Å². The van der Waals surface area contributed by atoms with Crippen LogP contribution in [0, 0.1) is 0 Å². The summed E-state index contributed by atoms with van der Waals surface area (Å²) in [7, 11) is 1.84. The van der Waals surface area contributed by atoms with Gasteiger partial charge < -0.3 is 16.0 Å². The van der Waals surface area contributed by atoms with E-state index in [2.05, 4.69) is 37.8 Å². The first-order chi connectivity index (χ1) is 12.8. The molecule has 146 valence electrons. The maximum Gasteiger partial charge on any atom is 0.191 e. The van der Waals surface area contributed by atoms with Crippen molar-refractivity contribution in [3.63, 3.8) is 0 Å². The smallest absolute Gasteiger partial charge is 0.191 e. The van der Waals surface area contributed by atoms with E-state index >= 15 is 0 Å². The fraction of sp³-hybridized carbons (Fsp3) is 0.700. The van der Waals surface area contributed by atoms with Gasteiger partial charge in [0.2, 0.25) is 0 Å². The molecular formula is C20H36N6. The third-order valence-electron chi connectivity index (χ3n) is 5.00. The second-order valence-corrected chi connectivity index (χ2v) is 6.87. The van der Waals surface area contributed by atoms with Crippen molar-refractivity contribution in [2.45, 2.75) is 51.5 Å². The summed E-state index contributed by atoms with van der Waals surface area (Å²) >= 11 is 0. The Labute approximate surface area is 158 Å². The fourth-order valence-corrected chi connectivity index (χ4v) is 3.50. The van der Waals surface area contributed by atoms with E-state index in [1.165, 1.54) is 32.2 Å². The van der Waals surface area contributed by atoms with E-state index in [4.69, 9.17) is 0 Å². The van der Waals surface area contributed by atoms with Gasteiger partial charge in [-0.25, -0.2) is 4.98 Å². The van der Waals surface area contributed by atoms with Gasteiger partial charge in [0.25, 0.3) is 0 Å². The zero-order valence-corrected chi connectivity index (χ0v) is 16.5. The fourth-order valence-electron chi connectivity index (χ4n) is 3.50. The molecule has 1 atom stereocenters. The van der Waals surface area contributed by atoms with Crippen LogP contribution >= 0.6 is 0 Å². The summed E-state index contributed by atoms with van der Waals surface area (Å²) in [5, 5.41) is 10.2. The van der Waals surface area contributed by atoms with E-state index in [9.17, 15) is 0 Å². The molecular weight excluding hydrogens is 324 g/mol. The first-order valence-corrected chi connectivity index (χ1v) is 10.2. The number of guanidine groups is 1. The molecule has 1 aromatic heterocycles. The third kappa shape index (κ3) is 7.60. The number of unbranched alkanes of at least 4 members (excludes halogenated alkanes) is 1. The second kappa shape index (κ2) is 12.5. The largest absolute Gasteiger partial charge is 0.370 e. The van der Waals surface area contributed by atoms with Gasteiger partial charge in [0, 0.05) is 45.5 Å². The molecule has 2 rings (SSSR count). The highest BCUT2D eigenvalue weighted by Crippen LogP contribution is 2.18. The number of aliphatic imine (C=N–C) groups is 1. The van der Waals surface area contributed by atoms with Gasteiger partial charge in [-0.05, 0) is 50.8 Å². The summed E-state index contributed by atoms with van der Waals surface area (Å²) in [5.41, 5.74) is 0. The van der Waals surface area contributed by atoms with Gasteiger partial charge in [-0.15, -0.1) is 0 Å². The standard InChI is InChI=1S/C20H36N6/c1-3-18-10-5-9-16-26(18)17-15-25-20(21-2)24-14-8-7-13-23-19-11-4-6-12-22-19/h4,6,11-12,18H,3,5,7-10,13-17H2,1-2H3,(H,22,23)(H2,21,24,25). The van der Waals surface area contributed by atoms with Crippen molar-refractivity contribution in [1.82, 2.24) is 20.5 Å². The van der Waals surface area contributed by atoms with E-state index in [0.29, 0.717) is 0 Å².